The van der Waals surface area contributed by atoms with E-state index in [-0.39, 0.29) is 21.2 Å². The Morgan fingerprint density at radius 1 is 0.875 bits per heavy atom. The maximum Gasteiger partial charge on any atom is 0.273 e. The van der Waals surface area contributed by atoms with Gasteiger partial charge in [-0.2, -0.15) is 0 Å². The second-order valence-electron chi connectivity index (χ2n) is 4.92. The van der Waals surface area contributed by atoms with Gasteiger partial charge in [-0.3, -0.25) is 20.2 Å². The summed E-state index contributed by atoms with van der Waals surface area (Å²) in [6, 6.07) is 10.2. The number of nitro benzene ring substituents is 2. The highest BCUT2D eigenvalue weighted by molar-refractivity contribution is 9.09. The molecule has 0 N–H and O–H groups in total. The molecule has 0 aromatic heterocycles. The summed E-state index contributed by atoms with van der Waals surface area (Å²) in [6.45, 7) is 3.62. The molecule has 0 aliphatic carbocycles. The SMILES string of the molecule is Cc1cccc([N+](=O)[O-])c1C.O=[N+]([O-])c1cccc(CBr)c1CBr. The minimum Gasteiger partial charge on any atom is -0.258 e. The van der Waals surface area contributed by atoms with Crippen LogP contribution in [0.5, 0.6) is 0 Å². The zero-order valence-corrected chi connectivity index (χ0v) is 16.3. The third-order valence-electron chi connectivity index (χ3n) is 3.50. The van der Waals surface area contributed by atoms with E-state index in [1.165, 1.54) is 12.1 Å². The molecule has 0 spiro atoms. The molecule has 128 valence electrons. The van der Waals surface area contributed by atoms with Crippen molar-refractivity contribution < 1.29 is 9.85 Å². The Labute approximate surface area is 156 Å². The van der Waals surface area contributed by atoms with Gasteiger partial charge in [-0.25, -0.2) is 0 Å². The summed E-state index contributed by atoms with van der Waals surface area (Å²) in [7, 11) is 0. The summed E-state index contributed by atoms with van der Waals surface area (Å²) >= 11 is 6.53. The van der Waals surface area contributed by atoms with Crippen LogP contribution in [0.25, 0.3) is 0 Å². The number of aryl methyl sites for hydroxylation is 1. The van der Waals surface area contributed by atoms with Crippen molar-refractivity contribution >= 4 is 43.2 Å². The van der Waals surface area contributed by atoms with Crippen LogP contribution in [0.1, 0.15) is 22.3 Å². The molecular formula is C16H16Br2N2O4. The van der Waals surface area contributed by atoms with Crippen molar-refractivity contribution in [2.75, 3.05) is 0 Å². The molecule has 0 bridgehead atoms. The molecule has 2 aromatic rings. The molecule has 2 aromatic carbocycles. The number of alkyl halides is 2. The molecule has 6 nitrogen and oxygen atoms in total. The lowest BCUT2D eigenvalue weighted by Gasteiger charge is -2.03. The summed E-state index contributed by atoms with van der Waals surface area (Å²) in [4.78, 5) is 20.3. The van der Waals surface area contributed by atoms with Gasteiger partial charge in [0.05, 0.1) is 9.85 Å². The van der Waals surface area contributed by atoms with Gasteiger partial charge >= 0.3 is 0 Å². The van der Waals surface area contributed by atoms with E-state index in [1.54, 1.807) is 19.1 Å². The van der Waals surface area contributed by atoms with Gasteiger partial charge in [-0.05, 0) is 25.0 Å². The van der Waals surface area contributed by atoms with E-state index in [1.807, 2.05) is 19.1 Å². The second kappa shape index (κ2) is 9.48. The molecule has 8 heteroatoms. The lowest BCUT2D eigenvalue weighted by molar-refractivity contribution is -0.385. The average Bonchev–Trinajstić information content (AvgIpc) is 2.56. The Morgan fingerprint density at radius 2 is 1.42 bits per heavy atom. The maximum atomic E-state index is 10.6. The van der Waals surface area contributed by atoms with E-state index < -0.39 is 0 Å². The lowest BCUT2D eigenvalue weighted by atomic mass is 10.1. The first kappa shape index (κ1) is 20.2. The third-order valence-corrected chi connectivity index (χ3v) is 4.66. The van der Waals surface area contributed by atoms with Gasteiger partial charge in [0.25, 0.3) is 11.4 Å². The van der Waals surface area contributed by atoms with Gasteiger partial charge in [-0.1, -0.05) is 56.1 Å². The van der Waals surface area contributed by atoms with E-state index in [0.717, 1.165) is 22.3 Å². The predicted octanol–water partition coefficient (Wildman–Crippen LogP) is 5.60. The summed E-state index contributed by atoms with van der Waals surface area (Å²) in [5.74, 6) is 0. The monoisotopic (exact) mass is 458 g/mol. The fourth-order valence-electron chi connectivity index (χ4n) is 2.01. The van der Waals surface area contributed by atoms with Gasteiger partial charge in [0.1, 0.15) is 0 Å². The summed E-state index contributed by atoms with van der Waals surface area (Å²) in [5, 5.41) is 22.1. The predicted molar refractivity (Wildman–Crippen MR) is 101 cm³/mol. The van der Waals surface area contributed by atoms with Gasteiger partial charge in [-0.15, -0.1) is 0 Å². The van der Waals surface area contributed by atoms with Gasteiger partial charge in [0, 0.05) is 33.9 Å². The molecule has 24 heavy (non-hydrogen) atoms. The molecular weight excluding hydrogens is 444 g/mol. The summed E-state index contributed by atoms with van der Waals surface area (Å²) < 4.78 is 0. The molecule has 0 unspecified atom stereocenters. The number of nitro groups is 2. The van der Waals surface area contributed by atoms with Crippen LogP contribution in [0.3, 0.4) is 0 Å². The molecule has 0 aliphatic rings. The highest BCUT2D eigenvalue weighted by Gasteiger charge is 2.15. The van der Waals surface area contributed by atoms with Crippen LogP contribution in [0, 0.1) is 34.1 Å². The van der Waals surface area contributed by atoms with Gasteiger partial charge in [0.15, 0.2) is 0 Å². The lowest BCUT2D eigenvalue weighted by Crippen LogP contribution is -1.96. The van der Waals surface area contributed by atoms with Gasteiger partial charge in [0.2, 0.25) is 0 Å². The standard InChI is InChI=1S/C8H7Br2NO2.C8H9NO2/c9-4-6-2-1-3-8(11(12)13)7(6)5-10;1-6-4-3-5-8(7(6)2)9(10)11/h1-3H,4-5H2;3-5H,1-2H3. The van der Waals surface area contributed by atoms with Crippen LogP contribution >= 0.6 is 31.9 Å². The molecule has 2 rings (SSSR count). The Kier molecular flexibility index (Phi) is 8.00. The van der Waals surface area contributed by atoms with Crippen molar-refractivity contribution in [3.63, 3.8) is 0 Å². The van der Waals surface area contributed by atoms with E-state index >= 15 is 0 Å². The highest BCUT2D eigenvalue weighted by Crippen LogP contribution is 2.26. The average molecular weight is 460 g/mol. The molecule has 0 saturated carbocycles. The van der Waals surface area contributed by atoms with E-state index in [2.05, 4.69) is 31.9 Å². The molecule has 0 atom stereocenters. The van der Waals surface area contributed by atoms with E-state index in [9.17, 15) is 20.2 Å². The van der Waals surface area contributed by atoms with E-state index in [4.69, 9.17) is 0 Å². The first-order valence-corrected chi connectivity index (χ1v) is 9.15. The molecule has 0 heterocycles. The Bertz CT molecular complexity index is 751. The molecule has 0 amide bonds. The van der Waals surface area contributed by atoms with Crippen molar-refractivity contribution in [2.45, 2.75) is 24.5 Å². The largest absolute Gasteiger partial charge is 0.273 e. The molecule has 0 saturated heterocycles. The maximum absolute atomic E-state index is 10.6. The third kappa shape index (κ3) is 5.10. The number of rotatable bonds is 4. The van der Waals surface area contributed by atoms with Crippen molar-refractivity contribution in [1.29, 1.82) is 0 Å². The number of halogens is 2. The van der Waals surface area contributed by atoms with Crippen molar-refractivity contribution in [2.24, 2.45) is 0 Å². The van der Waals surface area contributed by atoms with Crippen LogP contribution in [0.4, 0.5) is 11.4 Å². The van der Waals surface area contributed by atoms with Gasteiger partial charge < -0.3 is 0 Å². The number of hydrogen-bond donors (Lipinski definition) is 0. The van der Waals surface area contributed by atoms with Crippen LogP contribution in [-0.4, -0.2) is 9.85 Å². The quantitative estimate of drug-likeness (QED) is 0.338. The molecule has 0 fully saturated rings. The zero-order valence-electron chi connectivity index (χ0n) is 13.2. The fourth-order valence-corrected chi connectivity index (χ4v) is 3.18. The highest BCUT2D eigenvalue weighted by atomic mass is 79.9. The number of nitrogens with zero attached hydrogens (tertiary/aromatic N) is 2. The van der Waals surface area contributed by atoms with Crippen LogP contribution < -0.4 is 0 Å². The Balaban J connectivity index is 0.000000243. The number of hydrogen-bond acceptors (Lipinski definition) is 4. The number of benzene rings is 2. The van der Waals surface area contributed by atoms with Crippen LogP contribution in [0.2, 0.25) is 0 Å². The molecule has 0 aliphatic heterocycles. The first-order valence-electron chi connectivity index (χ1n) is 6.91. The fraction of sp³-hybridized carbons (Fsp3) is 0.250. The Hall–Kier alpha value is -1.80. The van der Waals surface area contributed by atoms with Crippen LogP contribution in [0.15, 0.2) is 36.4 Å². The minimum absolute atomic E-state index is 0.175. The van der Waals surface area contributed by atoms with Crippen molar-refractivity contribution in [3.8, 4) is 0 Å². The normalized spacial score (nSPS) is 9.83. The van der Waals surface area contributed by atoms with Crippen LogP contribution in [-0.2, 0) is 10.7 Å². The summed E-state index contributed by atoms with van der Waals surface area (Å²) in [5.41, 5.74) is 3.77. The van der Waals surface area contributed by atoms with E-state index in [0.29, 0.717) is 10.7 Å². The van der Waals surface area contributed by atoms with Crippen molar-refractivity contribution in [3.05, 3.63) is 78.9 Å². The van der Waals surface area contributed by atoms with Crippen molar-refractivity contribution in [1.82, 2.24) is 0 Å². The topological polar surface area (TPSA) is 86.3 Å². The Morgan fingerprint density at radius 3 is 1.88 bits per heavy atom. The zero-order chi connectivity index (χ0) is 18.3. The second-order valence-corrected chi connectivity index (χ2v) is 6.04. The summed E-state index contributed by atoms with van der Waals surface area (Å²) in [6.07, 6.45) is 0. The smallest absolute Gasteiger partial charge is 0.258 e. The first-order chi connectivity index (χ1) is 11.3. The minimum atomic E-state index is -0.359. The molecule has 0 radical (unpaired) electrons.